The van der Waals surface area contributed by atoms with Gasteiger partial charge in [0.15, 0.2) is 0 Å². The number of carbonyl (C=O) groups is 1. The zero-order valence-corrected chi connectivity index (χ0v) is 15.5. The molecule has 0 aliphatic rings. The number of rotatable bonds is 6. The van der Waals surface area contributed by atoms with Crippen LogP contribution >= 0.6 is 0 Å². The van der Waals surface area contributed by atoms with Crippen LogP contribution in [0, 0.1) is 6.92 Å². The van der Waals surface area contributed by atoms with Crippen molar-refractivity contribution >= 4 is 22.8 Å². The molecule has 1 aromatic heterocycles. The zero-order chi connectivity index (χ0) is 19.2. The first kappa shape index (κ1) is 18.6. The fraction of sp³-hybridized carbons (Fsp3) is 0.227. The molecule has 0 atom stereocenters. The summed E-state index contributed by atoms with van der Waals surface area (Å²) in [6.45, 7) is 4.40. The van der Waals surface area contributed by atoms with Gasteiger partial charge in [-0.05, 0) is 37.6 Å². The standard InChI is InChI=1S/C22H22N2O3/c1-3-4-13-27-21(25)12-10-17-14-16(2)9-11-20(17)24-22(26)19-8-6-5-7-18(19)15-23-24/h5-12,14-15H,3-4,13H2,1-2H3/b12-10+. The van der Waals surface area contributed by atoms with Gasteiger partial charge in [-0.2, -0.15) is 9.78 Å². The Balaban J connectivity index is 1.99. The summed E-state index contributed by atoms with van der Waals surface area (Å²) in [4.78, 5) is 24.7. The van der Waals surface area contributed by atoms with E-state index in [0.29, 0.717) is 17.7 Å². The van der Waals surface area contributed by atoms with Crippen molar-refractivity contribution < 1.29 is 9.53 Å². The SMILES string of the molecule is CCCCOC(=O)/C=C/c1cc(C)ccc1-n1ncc2ccccc2c1=O. The molecule has 3 rings (SSSR count). The smallest absolute Gasteiger partial charge is 0.330 e. The van der Waals surface area contributed by atoms with E-state index in [9.17, 15) is 9.59 Å². The van der Waals surface area contributed by atoms with Crippen molar-refractivity contribution in [2.24, 2.45) is 0 Å². The van der Waals surface area contributed by atoms with Gasteiger partial charge >= 0.3 is 5.97 Å². The van der Waals surface area contributed by atoms with Crippen LogP contribution in [0.15, 0.2) is 59.5 Å². The van der Waals surface area contributed by atoms with Crippen molar-refractivity contribution in [1.82, 2.24) is 9.78 Å². The first-order valence-corrected chi connectivity index (χ1v) is 9.03. The van der Waals surface area contributed by atoms with E-state index in [1.165, 1.54) is 10.8 Å². The van der Waals surface area contributed by atoms with E-state index in [0.717, 1.165) is 29.4 Å². The molecule has 0 aliphatic carbocycles. The first-order chi connectivity index (χ1) is 13.1. The molecule has 0 fully saturated rings. The van der Waals surface area contributed by atoms with E-state index in [-0.39, 0.29) is 5.56 Å². The second kappa shape index (κ2) is 8.45. The number of aromatic nitrogens is 2. The maximum Gasteiger partial charge on any atom is 0.330 e. The van der Waals surface area contributed by atoms with Gasteiger partial charge in [0, 0.05) is 17.0 Å². The predicted molar refractivity (Wildman–Crippen MR) is 107 cm³/mol. The summed E-state index contributed by atoms with van der Waals surface area (Å²) in [5.74, 6) is -0.394. The molecule has 0 unspecified atom stereocenters. The maximum absolute atomic E-state index is 12.9. The third kappa shape index (κ3) is 4.31. The molecule has 1 heterocycles. The number of aryl methyl sites for hydroxylation is 1. The van der Waals surface area contributed by atoms with Crippen LogP contribution < -0.4 is 5.56 Å². The van der Waals surface area contributed by atoms with Crippen molar-refractivity contribution in [2.45, 2.75) is 26.7 Å². The average Bonchev–Trinajstić information content (AvgIpc) is 2.68. The van der Waals surface area contributed by atoms with Gasteiger partial charge in [0.2, 0.25) is 0 Å². The summed E-state index contributed by atoms with van der Waals surface area (Å²) < 4.78 is 6.52. The highest BCUT2D eigenvalue weighted by atomic mass is 16.5. The lowest BCUT2D eigenvalue weighted by Crippen LogP contribution is -2.21. The largest absolute Gasteiger partial charge is 0.463 e. The van der Waals surface area contributed by atoms with Gasteiger partial charge in [0.05, 0.1) is 23.9 Å². The molecule has 0 amide bonds. The molecule has 2 aromatic carbocycles. The number of ether oxygens (including phenoxy) is 1. The molecule has 0 saturated carbocycles. The summed E-state index contributed by atoms with van der Waals surface area (Å²) >= 11 is 0. The Morgan fingerprint density at radius 3 is 2.85 bits per heavy atom. The van der Waals surface area contributed by atoms with E-state index in [2.05, 4.69) is 5.10 Å². The molecule has 138 valence electrons. The molecule has 5 heteroatoms. The Kier molecular flexibility index (Phi) is 5.81. The summed E-state index contributed by atoms with van der Waals surface area (Å²) in [5, 5.41) is 5.70. The van der Waals surface area contributed by atoms with Gasteiger partial charge in [-0.3, -0.25) is 4.79 Å². The number of carbonyl (C=O) groups excluding carboxylic acids is 1. The van der Waals surface area contributed by atoms with Crippen LogP contribution in [-0.2, 0) is 9.53 Å². The lowest BCUT2D eigenvalue weighted by atomic mass is 10.1. The Morgan fingerprint density at radius 2 is 2.04 bits per heavy atom. The monoisotopic (exact) mass is 362 g/mol. The van der Waals surface area contributed by atoms with E-state index in [1.54, 1.807) is 18.3 Å². The summed E-state index contributed by atoms with van der Waals surface area (Å²) in [6.07, 6.45) is 6.53. The van der Waals surface area contributed by atoms with Gasteiger partial charge in [-0.1, -0.05) is 43.2 Å². The van der Waals surface area contributed by atoms with Gasteiger partial charge in [-0.25, -0.2) is 4.79 Å². The number of fused-ring (bicyclic) bond motifs is 1. The summed E-state index contributed by atoms with van der Waals surface area (Å²) in [5.41, 5.74) is 2.17. The number of hydrogen-bond donors (Lipinski definition) is 0. The normalized spacial score (nSPS) is 11.2. The van der Waals surface area contributed by atoms with Gasteiger partial charge in [0.1, 0.15) is 0 Å². The lowest BCUT2D eigenvalue weighted by Gasteiger charge is -2.10. The van der Waals surface area contributed by atoms with Gasteiger partial charge < -0.3 is 4.74 Å². The van der Waals surface area contributed by atoms with Crippen LogP contribution in [0.2, 0.25) is 0 Å². The predicted octanol–water partition coefficient (Wildman–Crippen LogP) is 4.05. The third-order valence-corrected chi connectivity index (χ3v) is 4.25. The van der Waals surface area contributed by atoms with Gasteiger partial charge in [0.25, 0.3) is 5.56 Å². The number of hydrogen-bond acceptors (Lipinski definition) is 4. The molecule has 27 heavy (non-hydrogen) atoms. The molecule has 0 radical (unpaired) electrons. The molecule has 0 saturated heterocycles. The van der Waals surface area contributed by atoms with E-state index in [1.807, 2.05) is 50.2 Å². The molecule has 0 N–H and O–H groups in total. The summed E-state index contributed by atoms with van der Waals surface area (Å²) in [7, 11) is 0. The minimum atomic E-state index is -0.394. The van der Waals surface area contributed by atoms with Crippen molar-refractivity contribution in [3.8, 4) is 5.69 Å². The molecule has 0 spiro atoms. The second-order valence-corrected chi connectivity index (χ2v) is 6.37. The van der Waals surface area contributed by atoms with Crippen LogP contribution in [0.25, 0.3) is 22.5 Å². The van der Waals surface area contributed by atoms with Gasteiger partial charge in [-0.15, -0.1) is 0 Å². The summed E-state index contributed by atoms with van der Waals surface area (Å²) in [6, 6.07) is 13.0. The minimum absolute atomic E-state index is 0.197. The quantitative estimate of drug-likeness (QED) is 0.377. The van der Waals surface area contributed by atoms with E-state index >= 15 is 0 Å². The number of benzene rings is 2. The first-order valence-electron chi connectivity index (χ1n) is 9.03. The van der Waals surface area contributed by atoms with Crippen LogP contribution in [0.1, 0.15) is 30.9 Å². The van der Waals surface area contributed by atoms with Crippen molar-refractivity contribution in [3.63, 3.8) is 0 Å². The minimum Gasteiger partial charge on any atom is -0.463 e. The zero-order valence-electron chi connectivity index (χ0n) is 15.5. The highest BCUT2D eigenvalue weighted by molar-refractivity contribution is 5.88. The lowest BCUT2D eigenvalue weighted by molar-refractivity contribution is -0.137. The highest BCUT2D eigenvalue weighted by Crippen LogP contribution is 2.18. The number of nitrogens with zero attached hydrogens (tertiary/aromatic N) is 2. The Hall–Kier alpha value is -3.21. The van der Waals surface area contributed by atoms with Crippen molar-refractivity contribution in [1.29, 1.82) is 0 Å². The number of unbranched alkanes of at least 4 members (excludes halogenated alkanes) is 1. The van der Waals surface area contributed by atoms with Crippen LogP contribution in [-0.4, -0.2) is 22.4 Å². The Morgan fingerprint density at radius 1 is 1.22 bits per heavy atom. The molecular weight excluding hydrogens is 340 g/mol. The Labute approximate surface area is 157 Å². The maximum atomic E-state index is 12.9. The van der Waals surface area contributed by atoms with E-state index in [4.69, 9.17) is 4.74 Å². The molecule has 5 nitrogen and oxygen atoms in total. The highest BCUT2D eigenvalue weighted by Gasteiger charge is 2.09. The topological polar surface area (TPSA) is 61.2 Å². The fourth-order valence-electron chi connectivity index (χ4n) is 2.79. The second-order valence-electron chi connectivity index (χ2n) is 6.37. The number of esters is 1. The van der Waals surface area contributed by atoms with Crippen molar-refractivity contribution in [2.75, 3.05) is 6.61 Å². The average molecular weight is 362 g/mol. The fourth-order valence-corrected chi connectivity index (χ4v) is 2.79. The van der Waals surface area contributed by atoms with Crippen molar-refractivity contribution in [3.05, 3.63) is 76.2 Å². The van der Waals surface area contributed by atoms with Crippen LogP contribution in [0.4, 0.5) is 0 Å². The molecule has 0 aliphatic heterocycles. The molecular formula is C22H22N2O3. The van der Waals surface area contributed by atoms with E-state index < -0.39 is 5.97 Å². The Bertz CT molecular complexity index is 1050. The molecule has 0 bridgehead atoms. The molecule has 3 aromatic rings. The van der Waals surface area contributed by atoms with Crippen LogP contribution in [0.3, 0.4) is 0 Å². The third-order valence-electron chi connectivity index (χ3n) is 4.25. The van der Waals surface area contributed by atoms with Crippen LogP contribution in [0.5, 0.6) is 0 Å².